The Morgan fingerprint density at radius 1 is 1.09 bits per heavy atom. The lowest BCUT2D eigenvalue weighted by Gasteiger charge is -2.62. The Kier molecular flexibility index (Phi) is 12.0. The van der Waals surface area contributed by atoms with Gasteiger partial charge >= 0.3 is 0 Å². The fraction of sp³-hybridized carbons (Fsp3) is 0.841. The number of nitrogens with two attached hydrogens (primary N) is 1. The molecular formula is C44H71N3O9. The predicted molar refractivity (Wildman–Crippen MR) is 211 cm³/mol. The number of nitrogens with one attached hydrogen (secondary N) is 2. The smallest absolute Gasteiger partial charge is 0.182 e. The lowest BCUT2D eigenvalue weighted by atomic mass is 9.43. The van der Waals surface area contributed by atoms with E-state index in [1.165, 1.54) is 6.42 Å². The predicted octanol–water partition coefficient (Wildman–Crippen LogP) is 2.67. The summed E-state index contributed by atoms with van der Waals surface area (Å²) in [7, 11) is 0. The largest absolute Gasteiger partial charge is 0.396 e. The Balaban J connectivity index is 1.23. The van der Waals surface area contributed by atoms with Crippen LogP contribution in [0.2, 0.25) is 0 Å². The van der Waals surface area contributed by atoms with Crippen molar-refractivity contribution in [1.29, 1.82) is 0 Å². The molecule has 0 amide bonds. The SMILES string of the molecule is CCC[C@@H]1CC[C@H]2[C@H](CO)[C@H]([C@@H](O)[C@](C)(O)[C@H]3CC[C@@]4(O)C5=C(NC[C@H](C)O)C(=O)[C@@H]6C[C@@H](O)[C@@H](O)C[C@]6(CCC6=CNC(N)C=C6)[C@H]5CC[C@]34C)O[C@@H]2CC1. The van der Waals surface area contributed by atoms with Gasteiger partial charge in [0.1, 0.15) is 6.10 Å². The van der Waals surface area contributed by atoms with Gasteiger partial charge in [-0.25, -0.2) is 0 Å². The topological polar surface area (TPSA) is 218 Å². The minimum Gasteiger partial charge on any atom is -0.396 e. The van der Waals surface area contributed by atoms with Crippen LogP contribution < -0.4 is 16.4 Å². The Hall–Kier alpha value is -1.87. The lowest BCUT2D eigenvalue weighted by Crippen LogP contribution is -2.65. The van der Waals surface area contributed by atoms with Crippen LogP contribution >= 0.6 is 0 Å². The number of Topliss-reactive ketones (excluding diaryl/α,β-unsaturated/α-hetero) is 1. The Bertz CT molecular complexity index is 1550. The number of carbonyl (C=O) groups is 1. The zero-order valence-corrected chi connectivity index (χ0v) is 34.1. The monoisotopic (exact) mass is 786 g/mol. The molecule has 17 atom stereocenters. The summed E-state index contributed by atoms with van der Waals surface area (Å²) < 4.78 is 6.64. The maximum atomic E-state index is 15.0. The zero-order chi connectivity index (χ0) is 40.4. The van der Waals surface area contributed by atoms with E-state index in [1.807, 2.05) is 25.3 Å². The Labute approximate surface area is 333 Å². The third-order valence-corrected chi connectivity index (χ3v) is 16.5. The van der Waals surface area contributed by atoms with Crippen LogP contribution in [0, 0.1) is 46.3 Å². The fourth-order valence-corrected chi connectivity index (χ4v) is 13.5. The molecule has 0 aromatic carbocycles. The number of dihydropyridines is 1. The lowest BCUT2D eigenvalue weighted by molar-refractivity contribution is -0.201. The zero-order valence-electron chi connectivity index (χ0n) is 34.1. The minimum atomic E-state index is -1.70. The van der Waals surface area contributed by atoms with Crippen molar-refractivity contribution < 1.29 is 45.3 Å². The quantitative estimate of drug-likeness (QED) is 0.138. The van der Waals surface area contributed by atoms with Crippen molar-refractivity contribution in [3.05, 3.63) is 35.2 Å². The second-order valence-corrected chi connectivity index (χ2v) is 19.6. The van der Waals surface area contributed by atoms with Crippen molar-refractivity contribution in [2.75, 3.05) is 13.2 Å². The van der Waals surface area contributed by atoms with Crippen molar-refractivity contribution >= 4 is 5.78 Å². The van der Waals surface area contributed by atoms with Gasteiger partial charge in [-0.1, -0.05) is 39.2 Å². The molecule has 0 spiro atoms. The molecule has 5 aliphatic carbocycles. The van der Waals surface area contributed by atoms with Crippen LogP contribution in [0.3, 0.4) is 0 Å². The molecule has 0 radical (unpaired) electrons. The van der Waals surface area contributed by atoms with E-state index in [2.05, 4.69) is 17.6 Å². The van der Waals surface area contributed by atoms with Gasteiger partial charge < -0.3 is 56.8 Å². The highest BCUT2D eigenvalue weighted by Gasteiger charge is 2.71. The molecule has 56 heavy (non-hydrogen) atoms. The van der Waals surface area contributed by atoms with Gasteiger partial charge in [-0.3, -0.25) is 4.79 Å². The number of fused-ring (bicyclic) bond motifs is 6. The van der Waals surface area contributed by atoms with Gasteiger partial charge in [0, 0.05) is 36.6 Å². The number of hydrogen-bond acceptors (Lipinski definition) is 12. The third kappa shape index (κ3) is 6.94. The first-order valence-electron chi connectivity index (χ1n) is 21.9. The summed E-state index contributed by atoms with van der Waals surface area (Å²) in [6.07, 6.45) is 9.74. The molecule has 12 heteroatoms. The molecule has 1 saturated heterocycles. The van der Waals surface area contributed by atoms with Gasteiger partial charge in [0.25, 0.3) is 0 Å². The highest BCUT2D eigenvalue weighted by atomic mass is 16.5. The molecule has 0 aromatic heterocycles. The third-order valence-electron chi connectivity index (χ3n) is 16.5. The highest BCUT2D eigenvalue weighted by molar-refractivity contribution is 6.00. The number of carbonyl (C=O) groups excluding carboxylic acids is 1. The average Bonchev–Trinajstić information content (AvgIpc) is 3.58. The van der Waals surface area contributed by atoms with Crippen molar-refractivity contribution in [1.82, 2.24) is 10.6 Å². The van der Waals surface area contributed by atoms with Gasteiger partial charge in [-0.15, -0.1) is 0 Å². The number of ketones is 1. The summed E-state index contributed by atoms with van der Waals surface area (Å²) in [5.74, 6) is -1.34. The van der Waals surface area contributed by atoms with Crippen LogP contribution in [0.4, 0.5) is 0 Å². The van der Waals surface area contributed by atoms with E-state index in [0.717, 1.165) is 37.7 Å². The van der Waals surface area contributed by atoms with Crippen LogP contribution in [-0.2, 0) is 9.53 Å². The first-order chi connectivity index (χ1) is 26.5. The summed E-state index contributed by atoms with van der Waals surface area (Å²) in [6.45, 7) is 7.43. The van der Waals surface area contributed by atoms with Gasteiger partial charge in [-0.05, 0) is 131 Å². The summed E-state index contributed by atoms with van der Waals surface area (Å²) in [5, 5.41) is 88.2. The number of aliphatic hydroxyl groups excluding tert-OH is 5. The van der Waals surface area contributed by atoms with E-state index >= 15 is 0 Å². The Morgan fingerprint density at radius 3 is 2.52 bits per heavy atom. The van der Waals surface area contributed by atoms with E-state index in [1.54, 1.807) is 13.8 Å². The van der Waals surface area contributed by atoms with Crippen molar-refractivity contribution in [2.45, 2.75) is 172 Å². The van der Waals surface area contributed by atoms with Gasteiger partial charge in [-0.2, -0.15) is 0 Å². The van der Waals surface area contributed by atoms with Gasteiger partial charge in [0.15, 0.2) is 5.78 Å². The molecule has 11 N–H and O–H groups in total. The van der Waals surface area contributed by atoms with E-state index in [9.17, 15) is 40.5 Å². The van der Waals surface area contributed by atoms with Crippen LogP contribution in [-0.4, -0.2) is 109 Å². The molecule has 2 heterocycles. The number of aliphatic hydroxyl groups is 7. The molecule has 5 fully saturated rings. The van der Waals surface area contributed by atoms with E-state index in [4.69, 9.17) is 10.5 Å². The van der Waals surface area contributed by atoms with E-state index in [-0.39, 0.29) is 73.9 Å². The maximum Gasteiger partial charge on any atom is 0.182 e. The second kappa shape index (κ2) is 16.0. The minimum absolute atomic E-state index is 0.0849. The first kappa shape index (κ1) is 42.3. The van der Waals surface area contributed by atoms with E-state index in [0.29, 0.717) is 43.6 Å². The molecule has 7 aliphatic rings. The summed E-state index contributed by atoms with van der Waals surface area (Å²) >= 11 is 0. The van der Waals surface area contributed by atoms with Gasteiger partial charge in [0.05, 0.1) is 53.6 Å². The average molecular weight is 786 g/mol. The number of hydrogen-bond donors (Lipinski definition) is 10. The molecule has 1 unspecified atom stereocenters. The Morgan fingerprint density at radius 2 is 1.84 bits per heavy atom. The molecule has 0 bridgehead atoms. The molecule has 0 aromatic rings. The first-order valence-corrected chi connectivity index (χ1v) is 21.9. The summed E-state index contributed by atoms with van der Waals surface area (Å²) in [4.78, 5) is 15.0. The van der Waals surface area contributed by atoms with Gasteiger partial charge in [0.2, 0.25) is 0 Å². The van der Waals surface area contributed by atoms with Crippen LogP contribution in [0.1, 0.15) is 118 Å². The van der Waals surface area contributed by atoms with Crippen molar-refractivity contribution in [3.63, 3.8) is 0 Å². The highest BCUT2D eigenvalue weighted by Crippen LogP contribution is 2.70. The molecule has 316 valence electrons. The molecule has 2 aliphatic heterocycles. The number of rotatable bonds is 12. The molecular weight excluding hydrogens is 714 g/mol. The molecule has 7 rings (SSSR count). The fourth-order valence-electron chi connectivity index (χ4n) is 13.5. The molecule has 4 saturated carbocycles. The van der Waals surface area contributed by atoms with Crippen LogP contribution in [0.5, 0.6) is 0 Å². The normalized spacial score (nSPS) is 45.7. The van der Waals surface area contributed by atoms with Crippen LogP contribution in [0.15, 0.2) is 35.2 Å². The second-order valence-electron chi connectivity index (χ2n) is 19.6. The summed E-state index contributed by atoms with van der Waals surface area (Å²) in [5.41, 5.74) is 2.87. The van der Waals surface area contributed by atoms with Crippen LogP contribution in [0.25, 0.3) is 0 Å². The van der Waals surface area contributed by atoms with Crippen molar-refractivity contribution in [2.24, 2.45) is 52.1 Å². The van der Waals surface area contributed by atoms with E-state index < -0.39 is 64.4 Å². The summed E-state index contributed by atoms with van der Waals surface area (Å²) in [6, 6.07) is 0. The number of ether oxygens (including phenoxy) is 1. The maximum absolute atomic E-state index is 15.0. The van der Waals surface area contributed by atoms with Crippen molar-refractivity contribution in [3.8, 4) is 0 Å². The number of allylic oxidation sites excluding steroid dienone is 3. The molecule has 12 nitrogen and oxygen atoms in total. The standard InChI is InChI=1S/C44H71N3O9/c1-5-6-25-7-10-27-28(23-48)39(56-33(27)11-8-25)40(53)42(4,54)34-15-18-44(55)36-29(14-16-41(34,44)3)43(17-13-26-9-12-35(45)46-22-26)20-32(51)31(50)19-30(43)38(52)37(36)47-21-24(2)49/h9,12,22,24-25,27-35,39-40,46-51,53-55H,5-8,10-11,13-21,23,45H2,1-4H3/t24-,25+,27-,28-,29-,30-,31+,32-,33+,34-,35?,39+,40+,41+,42+,43+,44+/m0/s1.